The predicted octanol–water partition coefficient (Wildman–Crippen LogP) is 3.78. The number of aromatic nitrogens is 2. The second-order valence-corrected chi connectivity index (χ2v) is 5.67. The first-order chi connectivity index (χ1) is 10.7. The van der Waals surface area contributed by atoms with Gasteiger partial charge in [-0.15, -0.1) is 0 Å². The molecule has 0 amide bonds. The molecule has 22 heavy (non-hydrogen) atoms. The van der Waals surface area contributed by atoms with Gasteiger partial charge < -0.3 is 4.90 Å². The molecule has 3 rings (SSSR count). The van der Waals surface area contributed by atoms with Gasteiger partial charge in [0.25, 0.3) is 0 Å². The van der Waals surface area contributed by atoms with Crippen LogP contribution in [0.2, 0.25) is 0 Å². The highest BCUT2D eigenvalue weighted by molar-refractivity contribution is 5.68. The van der Waals surface area contributed by atoms with Crippen molar-refractivity contribution in [3.8, 4) is 22.5 Å². The molecule has 0 aliphatic carbocycles. The maximum absolute atomic E-state index is 4.82. The Morgan fingerprint density at radius 1 is 0.864 bits per heavy atom. The van der Waals surface area contributed by atoms with Gasteiger partial charge in [-0.2, -0.15) is 5.10 Å². The van der Waals surface area contributed by atoms with Crippen molar-refractivity contribution < 1.29 is 0 Å². The van der Waals surface area contributed by atoms with E-state index in [9.17, 15) is 0 Å². The fourth-order valence-corrected chi connectivity index (χ4v) is 2.47. The highest BCUT2D eigenvalue weighted by atomic mass is 15.3. The van der Waals surface area contributed by atoms with Crippen LogP contribution in [0.25, 0.3) is 22.5 Å². The minimum absolute atomic E-state index is 0.879. The number of nitrogens with zero attached hydrogens (tertiary/aromatic N) is 3. The lowest BCUT2D eigenvalue weighted by molar-refractivity contribution is 0.375. The standard InChI is InChI=1S/C19H21N3/c1-21(2)13-14-22-19(17-11-7-4-8-12-17)15-18(20-22)16-9-5-3-6-10-16/h3-12,15H,13-14H2,1-2H3. The van der Waals surface area contributed by atoms with E-state index in [1.165, 1.54) is 11.3 Å². The van der Waals surface area contributed by atoms with Gasteiger partial charge in [0.1, 0.15) is 0 Å². The van der Waals surface area contributed by atoms with Crippen LogP contribution in [0.3, 0.4) is 0 Å². The van der Waals surface area contributed by atoms with Crippen molar-refractivity contribution in [3.05, 3.63) is 66.7 Å². The van der Waals surface area contributed by atoms with E-state index in [0.29, 0.717) is 0 Å². The molecular formula is C19H21N3. The minimum Gasteiger partial charge on any atom is -0.308 e. The lowest BCUT2D eigenvalue weighted by Gasteiger charge is -2.12. The van der Waals surface area contributed by atoms with E-state index in [-0.39, 0.29) is 0 Å². The minimum atomic E-state index is 0.879. The van der Waals surface area contributed by atoms with Gasteiger partial charge in [-0.1, -0.05) is 60.7 Å². The first-order valence-electron chi connectivity index (χ1n) is 7.57. The Balaban J connectivity index is 2.01. The highest BCUT2D eigenvalue weighted by Crippen LogP contribution is 2.26. The molecule has 0 radical (unpaired) electrons. The van der Waals surface area contributed by atoms with Crippen molar-refractivity contribution in [2.45, 2.75) is 6.54 Å². The molecular weight excluding hydrogens is 270 g/mol. The average Bonchev–Trinajstić information content (AvgIpc) is 2.99. The average molecular weight is 291 g/mol. The van der Waals surface area contributed by atoms with Gasteiger partial charge in [0.2, 0.25) is 0 Å². The molecule has 112 valence electrons. The number of benzene rings is 2. The summed E-state index contributed by atoms with van der Waals surface area (Å²) >= 11 is 0. The summed E-state index contributed by atoms with van der Waals surface area (Å²) in [5.41, 5.74) is 4.55. The van der Waals surface area contributed by atoms with Crippen molar-refractivity contribution in [1.82, 2.24) is 14.7 Å². The molecule has 3 heteroatoms. The van der Waals surface area contributed by atoms with Crippen molar-refractivity contribution in [2.24, 2.45) is 0 Å². The zero-order chi connectivity index (χ0) is 15.4. The van der Waals surface area contributed by atoms with Crippen LogP contribution in [0.5, 0.6) is 0 Å². The first-order valence-corrected chi connectivity index (χ1v) is 7.57. The molecule has 0 N–H and O–H groups in total. The van der Waals surface area contributed by atoms with E-state index < -0.39 is 0 Å². The van der Waals surface area contributed by atoms with E-state index in [2.05, 4.69) is 78.3 Å². The Morgan fingerprint density at radius 3 is 2.05 bits per heavy atom. The highest BCUT2D eigenvalue weighted by Gasteiger charge is 2.11. The molecule has 3 aromatic rings. The Bertz CT molecular complexity index is 715. The third-order valence-corrected chi connectivity index (χ3v) is 3.68. The van der Waals surface area contributed by atoms with Crippen molar-refractivity contribution in [1.29, 1.82) is 0 Å². The summed E-state index contributed by atoms with van der Waals surface area (Å²) < 4.78 is 2.11. The molecule has 0 saturated carbocycles. The van der Waals surface area contributed by atoms with Gasteiger partial charge >= 0.3 is 0 Å². The predicted molar refractivity (Wildman–Crippen MR) is 91.7 cm³/mol. The molecule has 0 aliphatic rings. The van der Waals surface area contributed by atoms with E-state index in [1.54, 1.807) is 0 Å². The molecule has 0 unspecified atom stereocenters. The SMILES string of the molecule is CN(C)CCn1nc(-c2ccccc2)cc1-c1ccccc1. The Labute approximate surface area is 131 Å². The fourth-order valence-electron chi connectivity index (χ4n) is 2.47. The molecule has 0 saturated heterocycles. The van der Waals surface area contributed by atoms with Gasteiger partial charge in [-0.05, 0) is 25.7 Å². The van der Waals surface area contributed by atoms with Crippen molar-refractivity contribution in [3.63, 3.8) is 0 Å². The van der Waals surface area contributed by atoms with Crippen LogP contribution in [-0.4, -0.2) is 35.3 Å². The molecule has 0 atom stereocenters. The van der Waals surface area contributed by atoms with Gasteiger partial charge in [0, 0.05) is 12.1 Å². The summed E-state index contributed by atoms with van der Waals surface area (Å²) in [7, 11) is 4.17. The van der Waals surface area contributed by atoms with Crippen LogP contribution in [0.4, 0.5) is 0 Å². The van der Waals surface area contributed by atoms with Crippen LogP contribution in [0, 0.1) is 0 Å². The van der Waals surface area contributed by atoms with E-state index in [1.807, 2.05) is 12.1 Å². The van der Waals surface area contributed by atoms with Crippen LogP contribution < -0.4 is 0 Å². The van der Waals surface area contributed by atoms with Crippen LogP contribution in [0.1, 0.15) is 0 Å². The number of likely N-dealkylation sites (N-methyl/N-ethyl adjacent to an activating group) is 1. The number of hydrogen-bond acceptors (Lipinski definition) is 2. The van der Waals surface area contributed by atoms with Gasteiger partial charge in [-0.25, -0.2) is 0 Å². The summed E-state index contributed by atoms with van der Waals surface area (Å²) in [6.07, 6.45) is 0. The first kappa shape index (κ1) is 14.5. The topological polar surface area (TPSA) is 21.1 Å². The number of rotatable bonds is 5. The summed E-state index contributed by atoms with van der Waals surface area (Å²) in [6.45, 7) is 1.85. The molecule has 1 aromatic heterocycles. The normalized spacial score (nSPS) is 11.0. The second-order valence-electron chi connectivity index (χ2n) is 5.67. The smallest absolute Gasteiger partial charge is 0.0929 e. The summed E-state index contributed by atoms with van der Waals surface area (Å²) in [5.74, 6) is 0. The maximum Gasteiger partial charge on any atom is 0.0929 e. The van der Waals surface area contributed by atoms with Crippen LogP contribution >= 0.6 is 0 Å². The van der Waals surface area contributed by atoms with E-state index >= 15 is 0 Å². The van der Waals surface area contributed by atoms with Gasteiger partial charge in [0.15, 0.2) is 0 Å². The molecule has 0 aliphatic heterocycles. The molecule has 0 bridgehead atoms. The van der Waals surface area contributed by atoms with E-state index in [4.69, 9.17) is 5.10 Å². The lowest BCUT2D eigenvalue weighted by atomic mass is 10.1. The quantitative estimate of drug-likeness (QED) is 0.713. The fraction of sp³-hybridized carbons (Fsp3) is 0.211. The van der Waals surface area contributed by atoms with Crippen LogP contribution in [-0.2, 0) is 6.54 Å². The third-order valence-electron chi connectivity index (χ3n) is 3.68. The molecule has 2 aromatic carbocycles. The van der Waals surface area contributed by atoms with Crippen molar-refractivity contribution in [2.75, 3.05) is 20.6 Å². The Morgan fingerprint density at radius 2 is 1.45 bits per heavy atom. The maximum atomic E-state index is 4.82. The zero-order valence-electron chi connectivity index (χ0n) is 13.1. The van der Waals surface area contributed by atoms with Gasteiger partial charge in [0.05, 0.1) is 17.9 Å². The molecule has 1 heterocycles. The lowest BCUT2D eigenvalue weighted by Crippen LogP contribution is -2.19. The zero-order valence-corrected chi connectivity index (χ0v) is 13.1. The Kier molecular flexibility index (Phi) is 4.35. The molecule has 0 spiro atoms. The summed E-state index contributed by atoms with van der Waals surface area (Å²) in [5, 5.41) is 4.82. The summed E-state index contributed by atoms with van der Waals surface area (Å²) in [4.78, 5) is 2.18. The number of hydrogen-bond donors (Lipinski definition) is 0. The Hall–Kier alpha value is -2.39. The second kappa shape index (κ2) is 6.58. The monoisotopic (exact) mass is 291 g/mol. The third kappa shape index (κ3) is 3.26. The largest absolute Gasteiger partial charge is 0.308 e. The molecule has 3 nitrogen and oxygen atoms in total. The van der Waals surface area contributed by atoms with E-state index in [0.717, 1.165) is 24.3 Å². The summed E-state index contributed by atoms with van der Waals surface area (Å²) in [6, 6.07) is 23.0. The molecule has 0 fully saturated rings. The van der Waals surface area contributed by atoms with Crippen LogP contribution in [0.15, 0.2) is 66.7 Å². The van der Waals surface area contributed by atoms with Crippen molar-refractivity contribution >= 4 is 0 Å². The van der Waals surface area contributed by atoms with Gasteiger partial charge in [-0.3, -0.25) is 4.68 Å².